The lowest BCUT2D eigenvalue weighted by Gasteiger charge is -2.60. The Morgan fingerprint density at radius 3 is 2.43 bits per heavy atom. The minimum absolute atomic E-state index is 0.398. The average Bonchev–Trinajstić information content (AvgIpc) is 2.91. The second kappa shape index (κ2) is 5.49. The predicted octanol–water partition coefficient (Wildman–Crippen LogP) is 5.89. The first kappa shape index (κ1) is 16.0. The molecule has 0 aliphatic heterocycles. The third kappa shape index (κ3) is 2.15. The minimum atomic E-state index is 0.398. The van der Waals surface area contributed by atoms with Crippen LogP contribution in [0.1, 0.15) is 85.0 Å². The average molecular weight is 318 g/mol. The standard InChI is InChI=1S/C21H35NO/c1-14(22-23)17-9-10-18-16-8-7-15-6-4-5-12-20(15,2)19(16)11-13-21(17,18)3/h15-19,23H,4-13H2,1-3H3/t15?,16-,17+,18-,19-,20-,21+/m0/s1. The molecule has 4 rings (SSSR count). The first-order valence-electron chi connectivity index (χ1n) is 10.2. The molecular formula is C21H35NO. The van der Waals surface area contributed by atoms with Gasteiger partial charge in [0.2, 0.25) is 0 Å². The largest absolute Gasteiger partial charge is 0.411 e. The van der Waals surface area contributed by atoms with E-state index >= 15 is 0 Å². The summed E-state index contributed by atoms with van der Waals surface area (Å²) >= 11 is 0. The van der Waals surface area contributed by atoms with Crippen molar-refractivity contribution in [2.75, 3.05) is 0 Å². The van der Waals surface area contributed by atoms with Crippen LogP contribution in [0.4, 0.5) is 0 Å². The van der Waals surface area contributed by atoms with Gasteiger partial charge in [0.05, 0.1) is 5.71 Å². The zero-order chi connectivity index (χ0) is 16.2. The molecule has 0 radical (unpaired) electrons. The van der Waals surface area contributed by atoms with E-state index in [-0.39, 0.29) is 0 Å². The number of hydrogen-bond donors (Lipinski definition) is 1. The van der Waals surface area contributed by atoms with Crippen molar-refractivity contribution in [1.82, 2.24) is 0 Å². The van der Waals surface area contributed by atoms with E-state index in [1.54, 1.807) is 0 Å². The van der Waals surface area contributed by atoms with Crippen molar-refractivity contribution in [3.63, 3.8) is 0 Å². The number of oxime groups is 1. The van der Waals surface area contributed by atoms with Crippen molar-refractivity contribution < 1.29 is 5.21 Å². The molecule has 2 heteroatoms. The second-order valence-electron chi connectivity index (χ2n) is 9.82. The lowest BCUT2D eigenvalue weighted by atomic mass is 9.45. The van der Waals surface area contributed by atoms with Gasteiger partial charge in [0.15, 0.2) is 0 Å². The molecule has 1 unspecified atom stereocenters. The first-order valence-corrected chi connectivity index (χ1v) is 10.2. The number of fused-ring (bicyclic) bond motifs is 5. The van der Waals surface area contributed by atoms with Crippen LogP contribution in [0.25, 0.3) is 0 Å². The van der Waals surface area contributed by atoms with Gasteiger partial charge in [-0.2, -0.15) is 0 Å². The summed E-state index contributed by atoms with van der Waals surface area (Å²) in [5.74, 6) is 4.34. The van der Waals surface area contributed by atoms with E-state index in [9.17, 15) is 5.21 Å². The van der Waals surface area contributed by atoms with Crippen molar-refractivity contribution >= 4 is 5.71 Å². The molecule has 7 atom stereocenters. The van der Waals surface area contributed by atoms with Crippen LogP contribution in [-0.4, -0.2) is 10.9 Å². The Kier molecular flexibility index (Phi) is 3.81. The van der Waals surface area contributed by atoms with Gasteiger partial charge in [-0.1, -0.05) is 31.8 Å². The van der Waals surface area contributed by atoms with E-state index in [0.717, 1.165) is 29.4 Å². The Labute approximate surface area is 142 Å². The van der Waals surface area contributed by atoms with Crippen molar-refractivity contribution in [1.29, 1.82) is 0 Å². The zero-order valence-corrected chi connectivity index (χ0v) is 15.4. The minimum Gasteiger partial charge on any atom is -0.411 e. The predicted molar refractivity (Wildman–Crippen MR) is 94.7 cm³/mol. The molecule has 4 fully saturated rings. The van der Waals surface area contributed by atoms with E-state index < -0.39 is 0 Å². The number of rotatable bonds is 1. The Morgan fingerprint density at radius 1 is 0.870 bits per heavy atom. The molecule has 4 saturated carbocycles. The van der Waals surface area contributed by atoms with Crippen LogP contribution in [0.5, 0.6) is 0 Å². The Morgan fingerprint density at radius 2 is 1.65 bits per heavy atom. The lowest BCUT2D eigenvalue weighted by molar-refractivity contribution is -0.106. The highest BCUT2D eigenvalue weighted by atomic mass is 16.4. The molecule has 23 heavy (non-hydrogen) atoms. The maximum Gasteiger partial charge on any atom is 0.0576 e. The molecule has 0 aromatic rings. The molecule has 0 heterocycles. The molecule has 0 saturated heterocycles. The fourth-order valence-electron chi connectivity index (χ4n) is 8.05. The van der Waals surface area contributed by atoms with Crippen molar-refractivity contribution in [3.8, 4) is 0 Å². The monoisotopic (exact) mass is 317 g/mol. The third-order valence-electron chi connectivity index (χ3n) is 9.25. The van der Waals surface area contributed by atoms with Gasteiger partial charge in [0, 0.05) is 5.92 Å². The SMILES string of the molecule is CC(=NO)[C@H]1CC[C@H]2[C@@H]3CCC4CCCC[C@]4(C)[C@H]3CC[C@]12C. The van der Waals surface area contributed by atoms with Gasteiger partial charge < -0.3 is 5.21 Å². The van der Waals surface area contributed by atoms with Gasteiger partial charge in [0.1, 0.15) is 0 Å². The molecule has 130 valence electrons. The molecule has 0 bridgehead atoms. The van der Waals surface area contributed by atoms with Crippen molar-refractivity contribution in [2.24, 2.45) is 45.6 Å². The second-order valence-corrected chi connectivity index (χ2v) is 9.82. The van der Waals surface area contributed by atoms with Gasteiger partial charge >= 0.3 is 0 Å². The first-order chi connectivity index (χ1) is 11.0. The molecule has 4 aliphatic rings. The molecule has 0 amide bonds. The van der Waals surface area contributed by atoms with Crippen LogP contribution in [0.3, 0.4) is 0 Å². The van der Waals surface area contributed by atoms with Gasteiger partial charge in [-0.15, -0.1) is 0 Å². The van der Waals surface area contributed by atoms with E-state index in [1.807, 2.05) is 6.92 Å². The van der Waals surface area contributed by atoms with Crippen LogP contribution in [0.2, 0.25) is 0 Å². The maximum atomic E-state index is 9.32. The smallest absolute Gasteiger partial charge is 0.0576 e. The van der Waals surface area contributed by atoms with E-state index in [0.29, 0.717) is 16.7 Å². The normalized spacial score (nSPS) is 53.3. The third-order valence-corrected chi connectivity index (χ3v) is 9.25. The van der Waals surface area contributed by atoms with E-state index in [4.69, 9.17) is 0 Å². The van der Waals surface area contributed by atoms with Gasteiger partial charge in [0.25, 0.3) is 0 Å². The molecule has 0 spiro atoms. The molecule has 1 N–H and O–H groups in total. The van der Waals surface area contributed by atoms with Crippen LogP contribution in [0, 0.1) is 40.4 Å². The van der Waals surface area contributed by atoms with E-state index in [1.165, 1.54) is 64.2 Å². The number of hydrogen-bond acceptors (Lipinski definition) is 2. The topological polar surface area (TPSA) is 32.6 Å². The van der Waals surface area contributed by atoms with Gasteiger partial charge in [-0.25, -0.2) is 0 Å². The fraction of sp³-hybridized carbons (Fsp3) is 0.952. The highest BCUT2D eigenvalue weighted by molar-refractivity contribution is 5.84. The van der Waals surface area contributed by atoms with Crippen LogP contribution >= 0.6 is 0 Å². The summed E-state index contributed by atoms with van der Waals surface area (Å²) in [6.07, 6.45) is 14.3. The van der Waals surface area contributed by atoms with Crippen LogP contribution in [0.15, 0.2) is 5.16 Å². The van der Waals surface area contributed by atoms with Crippen molar-refractivity contribution in [2.45, 2.75) is 85.0 Å². The summed E-state index contributed by atoms with van der Waals surface area (Å²) < 4.78 is 0. The summed E-state index contributed by atoms with van der Waals surface area (Å²) in [6, 6.07) is 0. The molecule has 0 aromatic heterocycles. The van der Waals surface area contributed by atoms with Gasteiger partial charge in [-0.05, 0) is 92.8 Å². The Bertz CT molecular complexity index is 500. The zero-order valence-electron chi connectivity index (χ0n) is 15.4. The summed E-state index contributed by atoms with van der Waals surface area (Å²) in [7, 11) is 0. The van der Waals surface area contributed by atoms with Gasteiger partial charge in [-0.3, -0.25) is 0 Å². The molecule has 4 aliphatic carbocycles. The molecule has 0 aromatic carbocycles. The van der Waals surface area contributed by atoms with Crippen LogP contribution in [-0.2, 0) is 0 Å². The molecular weight excluding hydrogens is 282 g/mol. The maximum absolute atomic E-state index is 9.32. The molecule has 2 nitrogen and oxygen atoms in total. The van der Waals surface area contributed by atoms with Crippen LogP contribution < -0.4 is 0 Å². The van der Waals surface area contributed by atoms with Crippen molar-refractivity contribution in [3.05, 3.63) is 0 Å². The Hall–Kier alpha value is -0.530. The highest BCUT2D eigenvalue weighted by Gasteiger charge is 2.59. The van der Waals surface area contributed by atoms with E-state index in [2.05, 4.69) is 19.0 Å². The fourth-order valence-corrected chi connectivity index (χ4v) is 8.05. The summed E-state index contributed by atoms with van der Waals surface area (Å²) in [5.41, 5.74) is 2.03. The highest BCUT2D eigenvalue weighted by Crippen LogP contribution is 2.67. The summed E-state index contributed by atoms with van der Waals surface area (Å²) in [4.78, 5) is 0. The summed E-state index contributed by atoms with van der Waals surface area (Å²) in [5, 5.41) is 12.9. The quantitative estimate of drug-likeness (QED) is 0.365. The summed E-state index contributed by atoms with van der Waals surface area (Å²) in [6.45, 7) is 7.22. The lowest BCUT2D eigenvalue weighted by Crippen LogP contribution is -2.53. The Balaban J connectivity index is 1.62. The number of nitrogens with zero attached hydrogens (tertiary/aromatic N) is 1.